The van der Waals surface area contributed by atoms with E-state index in [9.17, 15) is 0 Å². The van der Waals surface area contributed by atoms with Gasteiger partial charge in [-0.15, -0.1) is 0 Å². The van der Waals surface area contributed by atoms with E-state index in [0.717, 1.165) is 6.42 Å². The summed E-state index contributed by atoms with van der Waals surface area (Å²) in [6, 6.07) is 17.9. The van der Waals surface area contributed by atoms with Gasteiger partial charge in [0.1, 0.15) is 0 Å². The van der Waals surface area contributed by atoms with E-state index in [4.69, 9.17) is 0 Å². The van der Waals surface area contributed by atoms with Gasteiger partial charge in [-0.25, -0.2) is 0 Å². The molecule has 90 valence electrons. The standard InChI is InChI=1S/C17H16Se/c1-12-7-8-14(13(2)9-12)10-16-11-15-5-3-4-6-17(15)18-16/h3-9,11H,10H2,1-2H3. The molecule has 2 aromatic carbocycles. The predicted molar refractivity (Wildman–Crippen MR) is 79.6 cm³/mol. The van der Waals surface area contributed by atoms with Crippen LogP contribution in [0.25, 0.3) is 9.65 Å². The van der Waals surface area contributed by atoms with Crippen LogP contribution in [0.3, 0.4) is 0 Å². The summed E-state index contributed by atoms with van der Waals surface area (Å²) in [4.78, 5) is 0. The van der Waals surface area contributed by atoms with Crippen molar-refractivity contribution in [3.8, 4) is 0 Å². The molecule has 0 radical (unpaired) electrons. The summed E-state index contributed by atoms with van der Waals surface area (Å²) in [5, 5.41) is 1.43. The summed E-state index contributed by atoms with van der Waals surface area (Å²) >= 11 is 0.522. The molecule has 0 saturated carbocycles. The number of aryl methyl sites for hydroxylation is 2. The van der Waals surface area contributed by atoms with Crippen LogP contribution in [-0.2, 0) is 6.42 Å². The zero-order chi connectivity index (χ0) is 12.5. The maximum atomic E-state index is 2.38. The molecule has 0 unspecified atom stereocenters. The van der Waals surface area contributed by atoms with E-state index < -0.39 is 0 Å². The Morgan fingerprint density at radius 1 is 0.944 bits per heavy atom. The van der Waals surface area contributed by atoms with Gasteiger partial charge in [-0.3, -0.25) is 0 Å². The van der Waals surface area contributed by atoms with E-state index in [0.29, 0.717) is 14.5 Å². The molecule has 0 aliphatic rings. The van der Waals surface area contributed by atoms with Gasteiger partial charge in [-0.2, -0.15) is 0 Å². The second-order valence-electron chi connectivity index (χ2n) is 4.86. The van der Waals surface area contributed by atoms with Gasteiger partial charge in [-0.05, 0) is 0 Å². The molecule has 0 aliphatic carbocycles. The third-order valence-corrected chi connectivity index (χ3v) is 5.68. The van der Waals surface area contributed by atoms with Crippen molar-refractivity contribution in [3.05, 3.63) is 69.7 Å². The maximum absolute atomic E-state index is 2.38. The molecule has 0 fully saturated rings. The molecule has 0 aliphatic heterocycles. The predicted octanol–water partition coefficient (Wildman–Crippen LogP) is 4.10. The van der Waals surface area contributed by atoms with E-state index in [1.54, 1.807) is 4.44 Å². The fourth-order valence-electron chi connectivity index (χ4n) is 2.36. The van der Waals surface area contributed by atoms with Crippen molar-refractivity contribution >= 4 is 24.1 Å². The molecule has 3 aromatic rings. The number of rotatable bonds is 2. The Kier molecular flexibility index (Phi) is 3.11. The number of benzene rings is 2. The minimum atomic E-state index is 0.522. The van der Waals surface area contributed by atoms with E-state index in [1.807, 2.05) is 0 Å². The molecule has 18 heavy (non-hydrogen) atoms. The summed E-state index contributed by atoms with van der Waals surface area (Å²) in [6.07, 6.45) is 1.11. The first-order valence-corrected chi connectivity index (χ1v) is 7.97. The van der Waals surface area contributed by atoms with Gasteiger partial charge in [-0.1, -0.05) is 0 Å². The fourth-order valence-corrected chi connectivity index (χ4v) is 4.64. The Balaban J connectivity index is 1.96. The van der Waals surface area contributed by atoms with Gasteiger partial charge in [0.05, 0.1) is 0 Å². The molecule has 0 nitrogen and oxygen atoms in total. The third-order valence-electron chi connectivity index (χ3n) is 3.34. The molecule has 0 atom stereocenters. The van der Waals surface area contributed by atoms with Gasteiger partial charge < -0.3 is 0 Å². The zero-order valence-corrected chi connectivity index (χ0v) is 12.4. The monoisotopic (exact) mass is 300 g/mol. The van der Waals surface area contributed by atoms with Crippen LogP contribution in [0.15, 0.2) is 48.5 Å². The molecule has 1 heterocycles. The second kappa shape index (κ2) is 4.76. The number of fused-ring (bicyclic) bond motifs is 1. The summed E-state index contributed by atoms with van der Waals surface area (Å²) in [5.41, 5.74) is 4.25. The minimum absolute atomic E-state index is 0.522. The SMILES string of the molecule is Cc1ccc(Cc2cc3ccccc3[se]2)c(C)c1. The Morgan fingerprint density at radius 3 is 2.56 bits per heavy atom. The van der Waals surface area contributed by atoms with Crippen LogP contribution < -0.4 is 0 Å². The molecule has 1 heteroatoms. The van der Waals surface area contributed by atoms with E-state index in [2.05, 4.69) is 62.4 Å². The second-order valence-corrected chi connectivity index (χ2v) is 7.31. The molecule has 3 rings (SSSR count). The summed E-state index contributed by atoms with van der Waals surface area (Å²) < 4.78 is 3.13. The van der Waals surface area contributed by atoms with E-state index in [1.165, 1.54) is 26.3 Å². The normalized spacial score (nSPS) is 11.0. The van der Waals surface area contributed by atoms with Crippen LogP contribution in [0.4, 0.5) is 0 Å². The first-order chi connectivity index (χ1) is 8.72. The van der Waals surface area contributed by atoms with E-state index in [-0.39, 0.29) is 0 Å². The topological polar surface area (TPSA) is 0 Å². The van der Waals surface area contributed by atoms with Crippen molar-refractivity contribution in [1.82, 2.24) is 0 Å². The van der Waals surface area contributed by atoms with Gasteiger partial charge in [0.15, 0.2) is 0 Å². The molecular formula is C17H16Se. The van der Waals surface area contributed by atoms with Gasteiger partial charge in [0.25, 0.3) is 0 Å². The van der Waals surface area contributed by atoms with Gasteiger partial charge >= 0.3 is 114 Å². The summed E-state index contributed by atoms with van der Waals surface area (Å²) in [6.45, 7) is 4.38. The Hall–Kier alpha value is -1.30. The first kappa shape index (κ1) is 11.8. The Bertz CT molecular complexity index is 659. The zero-order valence-electron chi connectivity index (χ0n) is 10.7. The molecule has 0 spiro atoms. The van der Waals surface area contributed by atoms with Crippen molar-refractivity contribution in [2.45, 2.75) is 20.3 Å². The van der Waals surface area contributed by atoms with E-state index >= 15 is 0 Å². The molecule has 0 N–H and O–H groups in total. The molecule has 0 amide bonds. The summed E-state index contributed by atoms with van der Waals surface area (Å²) in [7, 11) is 0. The molecule has 1 aromatic heterocycles. The van der Waals surface area contributed by atoms with Crippen LogP contribution in [0.1, 0.15) is 21.1 Å². The molecular weight excluding hydrogens is 283 g/mol. The van der Waals surface area contributed by atoms with Crippen molar-refractivity contribution in [2.75, 3.05) is 0 Å². The number of hydrogen-bond acceptors (Lipinski definition) is 0. The van der Waals surface area contributed by atoms with Crippen LogP contribution >= 0.6 is 0 Å². The Morgan fingerprint density at radius 2 is 1.78 bits per heavy atom. The van der Waals surface area contributed by atoms with Crippen LogP contribution in [0, 0.1) is 13.8 Å². The Labute approximate surface area is 114 Å². The summed E-state index contributed by atoms with van der Waals surface area (Å²) in [5.74, 6) is 0. The van der Waals surface area contributed by atoms with Crippen LogP contribution in [0.5, 0.6) is 0 Å². The van der Waals surface area contributed by atoms with Gasteiger partial charge in [0, 0.05) is 0 Å². The average Bonchev–Trinajstić information content (AvgIpc) is 2.75. The van der Waals surface area contributed by atoms with Crippen LogP contribution in [-0.4, -0.2) is 14.5 Å². The van der Waals surface area contributed by atoms with Crippen molar-refractivity contribution < 1.29 is 0 Å². The van der Waals surface area contributed by atoms with Gasteiger partial charge in [0.2, 0.25) is 0 Å². The van der Waals surface area contributed by atoms with Crippen molar-refractivity contribution in [1.29, 1.82) is 0 Å². The quantitative estimate of drug-likeness (QED) is 0.625. The first-order valence-electron chi connectivity index (χ1n) is 6.26. The third kappa shape index (κ3) is 2.29. The fraction of sp³-hybridized carbons (Fsp3) is 0.176. The molecule has 0 bridgehead atoms. The van der Waals surface area contributed by atoms with Crippen molar-refractivity contribution in [3.63, 3.8) is 0 Å². The van der Waals surface area contributed by atoms with Crippen LogP contribution in [0.2, 0.25) is 0 Å². The average molecular weight is 299 g/mol. The number of hydrogen-bond donors (Lipinski definition) is 0. The molecule has 0 saturated heterocycles. The van der Waals surface area contributed by atoms with Crippen molar-refractivity contribution in [2.24, 2.45) is 0 Å².